The van der Waals surface area contributed by atoms with Gasteiger partial charge in [0.1, 0.15) is 0 Å². The molecular weight excluding hydrogens is 326 g/mol. The van der Waals surface area contributed by atoms with Gasteiger partial charge in [0.15, 0.2) is 11.6 Å². The van der Waals surface area contributed by atoms with Crippen LogP contribution in [0.4, 0.5) is 20.2 Å². The summed E-state index contributed by atoms with van der Waals surface area (Å²) in [6.07, 6.45) is 0.0341. The van der Waals surface area contributed by atoms with E-state index in [1.165, 1.54) is 17.9 Å². The third kappa shape index (κ3) is 4.62. The number of aryl methyl sites for hydroxylation is 2. The second-order valence-corrected chi connectivity index (χ2v) is 5.83. The van der Waals surface area contributed by atoms with E-state index < -0.39 is 11.6 Å². The van der Waals surface area contributed by atoms with Crippen molar-refractivity contribution in [1.29, 1.82) is 0 Å². The van der Waals surface area contributed by atoms with Crippen molar-refractivity contribution in [1.82, 2.24) is 0 Å². The molecule has 0 unspecified atom stereocenters. The summed E-state index contributed by atoms with van der Waals surface area (Å²) >= 11 is 0. The Morgan fingerprint density at radius 2 is 1.68 bits per heavy atom. The van der Waals surface area contributed by atoms with Crippen LogP contribution in [-0.4, -0.2) is 18.4 Å². The van der Waals surface area contributed by atoms with Gasteiger partial charge in [0.05, 0.1) is 0 Å². The summed E-state index contributed by atoms with van der Waals surface area (Å²) in [5.41, 5.74) is 2.84. The number of nitrogens with zero attached hydrogens (tertiary/aromatic N) is 1. The Kier molecular flexibility index (Phi) is 5.85. The molecule has 25 heavy (non-hydrogen) atoms. The van der Waals surface area contributed by atoms with Crippen molar-refractivity contribution in [2.24, 2.45) is 0 Å². The average Bonchev–Trinajstić information content (AvgIpc) is 2.54. The Bertz CT molecular complexity index is 786. The molecule has 0 aliphatic heterocycles. The number of anilines is 2. The maximum atomic E-state index is 13.4. The van der Waals surface area contributed by atoms with Crippen LogP contribution >= 0.6 is 0 Å². The molecule has 0 radical (unpaired) electrons. The minimum absolute atomic E-state index is 0.0341. The normalized spacial score (nSPS) is 10.4. The van der Waals surface area contributed by atoms with Crippen molar-refractivity contribution >= 4 is 23.2 Å². The number of amides is 2. The Morgan fingerprint density at radius 1 is 1.04 bits per heavy atom. The highest BCUT2D eigenvalue weighted by Crippen LogP contribution is 2.21. The molecule has 0 aromatic heterocycles. The highest BCUT2D eigenvalue weighted by atomic mass is 19.2. The lowest BCUT2D eigenvalue weighted by Crippen LogP contribution is -2.32. The van der Waals surface area contributed by atoms with Crippen LogP contribution in [0.25, 0.3) is 0 Å². The van der Waals surface area contributed by atoms with Gasteiger partial charge < -0.3 is 10.2 Å². The summed E-state index contributed by atoms with van der Waals surface area (Å²) in [6, 6.07) is 8.90. The van der Waals surface area contributed by atoms with Gasteiger partial charge in [-0.15, -0.1) is 0 Å². The number of carbonyl (C=O) groups is 2. The Labute approximate surface area is 145 Å². The predicted molar refractivity (Wildman–Crippen MR) is 93.5 cm³/mol. The fourth-order valence-electron chi connectivity index (χ4n) is 2.55. The van der Waals surface area contributed by atoms with Gasteiger partial charge in [0.25, 0.3) is 0 Å². The number of benzene rings is 2. The van der Waals surface area contributed by atoms with Crippen molar-refractivity contribution in [2.45, 2.75) is 27.2 Å². The summed E-state index contributed by atoms with van der Waals surface area (Å²) < 4.78 is 26.4. The van der Waals surface area contributed by atoms with Gasteiger partial charge in [-0.25, -0.2) is 8.78 Å². The Balaban J connectivity index is 2.07. The number of hydrogen-bond donors (Lipinski definition) is 1. The molecule has 0 spiro atoms. The fourth-order valence-corrected chi connectivity index (χ4v) is 2.55. The highest BCUT2D eigenvalue weighted by molar-refractivity contribution is 5.95. The zero-order valence-electron chi connectivity index (χ0n) is 14.4. The van der Waals surface area contributed by atoms with Crippen LogP contribution in [0.5, 0.6) is 0 Å². The van der Waals surface area contributed by atoms with E-state index in [0.29, 0.717) is 0 Å². The summed E-state index contributed by atoms with van der Waals surface area (Å²) in [7, 11) is 0. The monoisotopic (exact) mass is 346 g/mol. The van der Waals surface area contributed by atoms with E-state index in [-0.39, 0.29) is 30.5 Å². The first-order chi connectivity index (χ1) is 11.8. The van der Waals surface area contributed by atoms with E-state index in [1.54, 1.807) is 0 Å². The molecule has 0 aliphatic carbocycles. The van der Waals surface area contributed by atoms with E-state index in [9.17, 15) is 18.4 Å². The first-order valence-electron chi connectivity index (χ1n) is 7.89. The van der Waals surface area contributed by atoms with Gasteiger partial charge >= 0.3 is 0 Å². The van der Waals surface area contributed by atoms with Crippen LogP contribution in [0.15, 0.2) is 36.4 Å². The summed E-state index contributed by atoms with van der Waals surface area (Å²) in [4.78, 5) is 25.3. The molecule has 0 aliphatic rings. The lowest BCUT2D eigenvalue weighted by atomic mass is 10.1. The average molecular weight is 346 g/mol. The molecule has 0 atom stereocenters. The molecule has 0 saturated carbocycles. The maximum absolute atomic E-state index is 13.4. The largest absolute Gasteiger partial charge is 0.326 e. The third-order valence-electron chi connectivity index (χ3n) is 3.90. The standard InChI is InChI=1S/C19H20F2N2O2/c1-12-5-4-6-13(2)19(12)22-18(25)9-10-23(14(3)24)15-7-8-16(20)17(21)11-15/h4-8,11H,9-10H2,1-3H3,(H,22,25). The molecular formula is C19H20F2N2O2. The zero-order chi connectivity index (χ0) is 18.6. The molecule has 132 valence electrons. The molecule has 0 fully saturated rings. The van der Waals surface area contributed by atoms with E-state index >= 15 is 0 Å². The van der Waals surface area contributed by atoms with Crippen molar-refractivity contribution in [2.75, 3.05) is 16.8 Å². The van der Waals surface area contributed by atoms with Gasteiger partial charge in [-0.05, 0) is 37.1 Å². The Morgan fingerprint density at radius 3 is 2.24 bits per heavy atom. The number of para-hydroxylation sites is 1. The maximum Gasteiger partial charge on any atom is 0.226 e. The highest BCUT2D eigenvalue weighted by Gasteiger charge is 2.16. The molecule has 2 rings (SSSR count). The molecule has 4 nitrogen and oxygen atoms in total. The zero-order valence-corrected chi connectivity index (χ0v) is 14.4. The predicted octanol–water partition coefficient (Wildman–Crippen LogP) is 3.96. The smallest absolute Gasteiger partial charge is 0.226 e. The van der Waals surface area contributed by atoms with Crippen molar-refractivity contribution in [3.63, 3.8) is 0 Å². The topological polar surface area (TPSA) is 49.4 Å². The van der Waals surface area contributed by atoms with Crippen LogP contribution < -0.4 is 10.2 Å². The molecule has 2 aromatic rings. The lowest BCUT2D eigenvalue weighted by molar-refractivity contribution is -0.117. The van der Waals surface area contributed by atoms with Crippen molar-refractivity contribution in [3.05, 3.63) is 59.2 Å². The van der Waals surface area contributed by atoms with Crippen LogP contribution in [0.1, 0.15) is 24.5 Å². The number of rotatable bonds is 5. The fraction of sp³-hybridized carbons (Fsp3) is 0.263. The SMILES string of the molecule is CC(=O)N(CCC(=O)Nc1c(C)cccc1C)c1ccc(F)c(F)c1. The third-order valence-corrected chi connectivity index (χ3v) is 3.90. The second kappa shape index (κ2) is 7.88. The minimum atomic E-state index is -1.04. The van der Waals surface area contributed by atoms with E-state index in [1.807, 2.05) is 32.0 Å². The van der Waals surface area contributed by atoms with Crippen LogP contribution in [0.3, 0.4) is 0 Å². The van der Waals surface area contributed by atoms with Crippen LogP contribution in [0.2, 0.25) is 0 Å². The van der Waals surface area contributed by atoms with Crippen molar-refractivity contribution < 1.29 is 18.4 Å². The van der Waals surface area contributed by atoms with E-state index in [0.717, 1.165) is 28.9 Å². The summed E-state index contributed by atoms with van der Waals surface area (Å²) in [6.45, 7) is 5.17. The molecule has 0 bridgehead atoms. The quantitative estimate of drug-likeness (QED) is 0.891. The van der Waals surface area contributed by atoms with Gasteiger partial charge in [-0.2, -0.15) is 0 Å². The number of hydrogen-bond acceptors (Lipinski definition) is 2. The number of halogens is 2. The molecule has 0 heterocycles. The summed E-state index contributed by atoms with van der Waals surface area (Å²) in [5.74, 6) is -2.64. The Hall–Kier alpha value is -2.76. The first-order valence-corrected chi connectivity index (χ1v) is 7.89. The molecule has 0 saturated heterocycles. The first kappa shape index (κ1) is 18.6. The minimum Gasteiger partial charge on any atom is -0.326 e. The van der Waals surface area contributed by atoms with Gasteiger partial charge in [0.2, 0.25) is 11.8 Å². The van der Waals surface area contributed by atoms with Crippen LogP contribution in [-0.2, 0) is 9.59 Å². The van der Waals surface area contributed by atoms with E-state index in [2.05, 4.69) is 5.32 Å². The van der Waals surface area contributed by atoms with Crippen LogP contribution in [0, 0.1) is 25.5 Å². The number of carbonyl (C=O) groups excluding carboxylic acids is 2. The van der Waals surface area contributed by atoms with Gasteiger partial charge in [-0.3, -0.25) is 9.59 Å². The molecule has 2 aromatic carbocycles. The molecule has 2 amide bonds. The van der Waals surface area contributed by atoms with Crippen molar-refractivity contribution in [3.8, 4) is 0 Å². The summed E-state index contributed by atoms with van der Waals surface area (Å²) in [5, 5.41) is 2.83. The molecule has 1 N–H and O–H groups in total. The van der Waals surface area contributed by atoms with Gasteiger partial charge in [-0.1, -0.05) is 18.2 Å². The molecule has 6 heteroatoms. The second-order valence-electron chi connectivity index (χ2n) is 5.83. The van der Waals surface area contributed by atoms with Gasteiger partial charge in [0, 0.05) is 37.3 Å². The lowest BCUT2D eigenvalue weighted by Gasteiger charge is -2.21. The van der Waals surface area contributed by atoms with E-state index in [4.69, 9.17) is 0 Å². The number of nitrogens with one attached hydrogen (secondary N) is 1.